The maximum Gasteiger partial charge on any atom is 0.416 e. The molecule has 3 heterocycles. The van der Waals surface area contributed by atoms with Crippen LogP contribution in [0.3, 0.4) is 0 Å². The van der Waals surface area contributed by atoms with Crippen LogP contribution in [0.4, 0.5) is 13.2 Å². The topological polar surface area (TPSA) is 73.8 Å². The van der Waals surface area contributed by atoms with Crippen molar-refractivity contribution in [3.8, 4) is 5.69 Å². The first-order chi connectivity index (χ1) is 15.8. The van der Waals surface area contributed by atoms with Crippen molar-refractivity contribution in [1.29, 1.82) is 0 Å². The average Bonchev–Trinajstić information content (AvgIpc) is 3.41. The summed E-state index contributed by atoms with van der Waals surface area (Å²) in [6, 6.07) is 4.77. The number of aromatic nitrogens is 4. The van der Waals surface area contributed by atoms with Gasteiger partial charge in [-0.05, 0) is 49.4 Å². The van der Waals surface area contributed by atoms with Gasteiger partial charge in [0.1, 0.15) is 4.83 Å². The summed E-state index contributed by atoms with van der Waals surface area (Å²) in [5.41, 5.74) is -0.0523. The molecule has 0 radical (unpaired) electrons. The fourth-order valence-electron chi connectivity index (χ4n) is 3.95. The average molecular weight is 493 g/mol. The molecule has 172 valence electrons. The molecule has 0 N–H and O–H groups in total. The molecule has 0 spiro atoms. The van der Waals surface area contributed by atoms with E-state index in [-0.39, 0.29) is 17.0 Å². The van der Waals surface area contributed by atoms with Crippen molar-refractivity contribution in [2.75, 3.05) is 0 Å². The van der Waals surface area contributed by atoms with Gasteiger partial charge in [-0.15, -0.1) is 21.5 Å². The van der Waals surface area contributed by atoms with Gasteiger partial charge in [-0.25, -0.2) is 4.98 Å². The van der Waals surface area contributed by atoms with Gasteiger partial charge in [-0.2, -0.15) is 13.2 Å². The Morgan fingerprint density at radius 2 is 1.97 bits per heavy atom. The molecule has 0 fully saturated rings. The van der Waals surface area contributed by atoms with Crippen LogP contribution in [-0.4, -0.2) is 19.7 Å². The highest BCUT2D eigenvalue weighted by molar-refractivity contribution is 7.98. The Morgan fingerprint density at radius 3 is 2.73 bits per heavy atom. The van der Waals surface area contributed by atoms with E-state index in [4.69, 9.17) is 9.40 Å². The minimum atomic E-state index is -4.52. The van der Waals surface area contributed by atoms with E-state index in [2.05, 4.69) is 10.2 Å². The quantitative estimate of drug-likeness (QED) is 0.267. The lowest BCUT2D eigenvalue weighted by atomic mass is 9.97. The molecule has 0 amide bonds. The number of halogens is 3. The number of thiophene rings is 1. The molecule has 0 saturated heterocycles. The second kappa shape index (κ2) is 8.60. The molecular formula is C22H19F3N4O2S2. The molecule has 6 nitrogen and oxygen atoms in total. The Bertz CT molecular complexity index is 1390. The maximum absolute atomic E-state index is 13.7. The monoisotopic (exact) mass is 492 g/mol. The number of hydrogen-bond acceptors (Lipinski definition) is 7. The van der Waals surface area contributed by atoms with Gasteiger partial charge in [0, 0.05) is 11.3 Å². The van der Waals surface area contributed by atoms with Crippen LogP contribution in [0.5, 0.6) is 0 Å². The lowest BCUT2D eigenvalue weighted by Crippen LogP contribution is -2.22. The minimum absolute atomic E-state index is 0.127. The molecule has 33 heavy (non-hydrogen) atoms. The van der Waals surface area contributed by atoms with Gasteiger partial charge in [0.05, 0.1) is 22.4 Å². The van der Waals surface area contributed by atoms with E-state index in [1.54, 1.807) is 0 Å². The lowest BCUT2D eigenvalue weighted by molar-refractivity contribution is -0.137. The van der Waals surface area contributed by atoms with Gasteiger partial charge >= 0.3 is 6.18 Å². The molecule has 4 aromatic rings. The van der Waals surface area contributed by atoms with Crippen molar-refractivity contribution >= 4 is 33.3 Å². The molecule has 0 unspecified atom stereocenters. The smallest absolute Gasteiger partial charge is 0.416 e. The highest BCUT2D eigenvalue weighted by Crippen LogP contribution is 2.36. The zero-order chi connectivity index (χ0) is 23.2. The van der Waals surface area contributed by atoms with E-state index in [1.807, 2.05) is 6.92 Å². The first kappa shape index (κ1) is 22.1. The summed E-state index contributed by atoms with van der Waals surface area (Å²) < 4.78 is 47.0. The Balaban J connectivity index is 1.66. The summed E-state index contributed by atoms with van der Waals surface area (Å²) in [6.45, 7) is 1.89. The largest absolute Gasteiger partial charge is 0.424 e. The second-order valence-electron chi connectivity index (χ2n) is 7.71. The summed E-state index contributed by atoms with van der Waals surface area (Å²) in [5, 5.41) is 8.74. The molecule has 1 aromatic carbocycles. The Kier molecular flexibility index (Phi) is 5.77. The van der Waals surface area contributed by atoms with Crippen LogP contribution < -0.4 is 5.56 Å². The van der Waals surface area contributed by atoms with Crippen LogP contribution in [0, 0.1) is 0 Å². The molecule has 1 aliphatic carbocycles. The Labute approximate surface area is 194 Å². The third-order valence-corrected chi connectivity index (χ3v) is 7.63. The van der Waals surface area contributed by atoms with Crippen LogP contribution in [-0.2, 0) is 31.2 Å². The zero-order valence-corrected chi connectivity index (χ0v) is 19.2. The van der Waals surface area contributed by atoms with E-state index in [1.165, 1.54) is 39.8 Å². The number of benzene rings is 1. The van der Waals surface area contributed by atoms with Crippen LogP contribution in [0.2, 0.25) is 0 Å². The summed E-state index contributed by atoms with van der Waals surface area (Å²) in [4.78, 5) is 20.2. The fourth-order valence-corrected chi connectivity index (χ4v) is 6.10. The standard InChI is InChI=1S/C22H19F3N4O2S2/c1-2-16-27-28-17(31-16)11-32-21-26-19-18(14-8-3-4-9-15(14)33-19)20(30)29(21)13-7-5-6-12(10-13)22(23,24)25/h5-7,10H,2-4,8-9,11H2,1H3. The maximum atomic E-state index is 13.7. The molecule has 0 bridgehead atoms. The first-order valence-electron chi connectivity index (χ1n) is 10.5. The summed E-state index contributed by atoms with van der Waals surface area (Å²) >= 11 is 2.69. The number of aryl methyl sites for hydroxylation is 3. The predicted molar refractivity (Wildman–Crippen MR) is 120 cm³/mol. The number of rotatable bonds is 5. The molecule has 1 aliphatic rings. The van der Waals surface area contributed by atoms with E-state index in [9.17, 15) is 18.0 Å². The van der Waals surface area contributed by atoms with Crippen molar-refractivity contribution in [3.05, 3.63) is 62.4 Å². The zero-order valence-electron chi connectivity index (χ0n) is 17.6. The molecule has 0 saturated carbocycles. The predicted octanol–water partition coefficient (Wildman–Crippen LogP) is 5.58. The summed E-state index contributed by atoms with van der Waals surface area (Å²) in [5.74, 6) is 1.11. The summed E-state index contributed by atoms with van der Waals surface area (Å²) in [6.07, 6.45) is -0.216. The van der Waals surface area contributed by atoms with Crippen molar-refractivity contribution in [2.24, 2.45) is 0 Å². The lowest BCUT2D eigenvalue weighted by Gasteiger charge is -2.15. The molecule has 0 atom stereocenters. The normalized spacial score (nSPS) is 14.1. The van der Waals surface area contributed by atoms with E-state index in [0.717, 1.165) is 48.3 Å². The Morgan fingerprint density at radius 1 is 1.18 bits per heavy atom. The van der Waals surface area contributed by atoms with Crippen LogP contribution >= 0.6 is 23.1 Å². The number of nitrogens with zero attached hydrogens (tertiary/aromatic N) is 4. The third kappa shape index (κ3) is 4.19. The minimum Gasteiger partial charge on any atom is -0.424 e. The molecule has 0 aliphatic heterocycles. The fraction of sp³-hybridized carbons (Fsp3) is 0.364. The molecule has 3 aromatic heterocycles. The van der Waals surface area contributed by atoms with Gasteiger partial charge in [-0.3, -0.25) is 9.36 Å². The number of thioether (sulfide) groups is 1. The third-order valence-electron chi connectivity index (χ3n) is 5.53. The van der Waals surface area contributed by atoms with Gasteiger partial charge in [0.15, 0.2) is 5.16 Å². The molecular weight excluding hydrogens is 473 g/mol. The highest BCUT2D eigenvalue weighted by Gasteiger charge is 2.31. The van der Waals surface area contributed by atoms with Gasteiger partial charge in [0.2, 0.25) is 11.8 Å². The van der Waals surface area contributed by atoms with Gasteiger partial charge < -0.3 is 4.42 Å². The van der Waals surface area contributed by atoms with Gasteiger partial charge in [-0.1, -0.05) is 24.8 Å². The molecule has 11 heteroatoms. The van der Waals surface area contributed by atoms with Gasteiger partial charge in [0.25, 0.3) is 5.56 Å². The number of alkyl halides is 3. The van der Waals surface area contributed by atoms with Crippen LogP contribution in [0.1, 0.15) is 47.6 Å². The van der Waals surface area contributed by atoms with E-state index >= 15 is 0 Å². The highest BCUT2D eigenvalue weighted by atomic mass is 32.2. The number of hydrogen-bond donors (Lipinski definition) is 0. The summed E-state index contributed by atoms with van der Waals surface area (Å²) in [7, 11) is 0. The van der Waals surface area contributed by atoms with Crippen molar-refractivity contribution in [3.63, 3.8) is 0 Å². The SMILES string of the molecule is CCc1nnc(CSc2nc3sc4c(c3c(=O)n2-c2cccc(C(F)(F)F)c2)CCCC4)o1. The van der Waals surface area contributed by atoms with Crippen molar-refractivity contribution in [1.82, 2.24) is 19.7 Å². The second-order valence-corrected chi connectivity index (χ2v) is 9.73. The number of fused-ring (bicyclic) bond motifs is 3. The van der Waals surface area contributed by atoms with Crippen molar-refractivity contribution < 1.29 is 17.6 Å². The van der Waals surface area contributed by atoms with Crippen LogP contribution in [0.25, 0.3) is 15.9 Å². The first-order valence-corrected chi connectivity index (χ1v) is 12.3. The Hall–Kier alpha value is -2.66. The molecule has 5 rings (SSSR count). The van der Waals surface area contributed by atoms with Crippen LogP contribution in [0.15, 0.2) is 38.6 Å². The van der Waals surface area contributed by atoms with E-state index < -0.39 is 11.7 Å². The van der Waals surface area contributed by atoms with Crippen molar-refractivity contribution in [2.45, 2.75) is 56.1 Å². The van der Waals surface area contributed by atoms with E-state index in [0.29, 0.717) is 33.6 Å².